The van der Waals surface area contributed by atoms with Crippen LogP contribution in [0.25, 0.3) is 55.9 Å². The van der Waals surface area contributed by atoms with E-state index >= 15 is 0 Å². The van der Waals surface area contributed by atoms with E-state index in [2.05, 4.69) is 97.9 Å². The molecule has 0 spiro atoms. The van der Waals surface area contributed by atoms with Crippen molar-refractivity contribution in [2.45, 2.75) is 13.8 Å². The summed E-state index contributed by atoms with van der Waals surface area (Å²) >= 11 is 1.13. The van der Waals surface area contributed by atoms with Crippen LogP contribution in [0.15, 0.2) is 91.0 Å². The van der Waals surface area contributed by atoms with Crippen molar-refractivity contribution in [3.05, 3.63) is 102 Å². The molecule has 0 bridgehead atoms. The molecule has 0 fully saturated rings. The zero-order valence-corrected chi connectivity index (χ0v) is 22.0. The monoisotopic (exact) mass is 618 g/mol. The summed E-state index contributed by atoms with van der Waals surface area (Å²) in [5, 5.41) is 0. The molecule has 0 unspecified atom stereocenters. The molecule has 0 atom stereocenters. The van der Waals surface area contributed by atoms with Crippen LogP contribution in [0.3, 0.4) is 0 Å². The molecule has 2 radical (unpaired) electrons. The molecule has 3 heteroatoms. The molecule has 1 heterocycles. The van der Waals surface area contributed by atoms with Gasteiger partial charge >= 0.3 is 210 Å². The van der Waals surface area contributed by atoms with Gasteiger partial charge in [0.25, 0.3) is 0 Å². The number of hydrogen-bond donors (Lipinski definition) is 0. The average Bonchev–Trinajstić information content (AvgIpc) is 2.82. The molecule has 1 aliphatic rings. The summed E-state index contributed by atoms with van der Waals surface area (Å²) in [6, 6.07) is 33.0. The van der Waals surface area contributed by atoms with Crippen LogP contribution in [-0.4, -0.2) is 34.7 Å². The quantitative estimate of drug-likeness (QED) is 0.196. The fourth-order valence-electron chi connectivity index (χ4n) is 4.93. The van der Waals surface area contributed by atoms with E-state index in [9.17, 15) is 0 Å². The van der Waals surface area contributed by atoms with Gasteiger partial charge in [-0.2, -0.15) is 0 Å². The van der Waals surface area contributed by atoms with Gasteiger partial charge in [0.05, 0.1) is 0 Å². The van der Waals surface area contributed by atoms with Gasteiger partial charge in [0.2, 0.25) is 0 Å². The van der Waals surface area contributed by atoms with Gasteiger partial charge < -0.3 is 0 Å². The van der Waals surface area contributed by atoms with Crippen molar-refractivity contribution in [1.29, 1.82) is 0 Å². The zero-order valence-electron chi connectivity index (χ0n) is 18.5. The Labute approximate surface area is 209 Å². The molecule has 1 aromatic heterocycles. The van der Waals surface area contributed by atoms with Gasteiger partial charge in [-0.15, -0.1) is 0 Å². The van der Waals surface area contributed by atoms with E-state index in [4.69, 9.17) is 9.97 Å². The molecule has 33 heavy (non-hydrogen) atoms. The molecule has 156 valence electrons. The molecule has 6 rings (SSSR count). The Morgan fingerprint density at radius 1 is 0.485 bits per heavy atom. The first-order valence-electron chi connectivity index (χ1n) is 11.1. The molecule has 0 saturated heterocycles. The summed E-state index contributed by atoms with van der Waals surface area (Å²) in [5.41, 5.74) is 13.4. The Hall–Kier alpha value is -3.16. The third-order valence-corrected chi connectivity index (χ3v) is 7.28. The van der Waals surface area contributed by atoms with Crippen LogP contribution >= 0.6 is 0 Å². The van der Waals surface area contributed by atoms with Crippen molar-refractivity contribution >= 4 is 28.1 Å². The average molecular weight is 618 g/mol. The molecule has 4 aromatic carbocycles. The topological polar surface area (TPSA) is 25.8 Å². The maximum absolute atomic E-state index is 4.83. The number of aromatic nitrogens is 2. The van der Waals surface area contributed by atoms with Crippen molar-refractivity contribution in [2.24, 2.45) is 0 Å². The number of rotatable bonds is 1. The molecular formula is C30H21BiN2. The summed E-state index contributed by atoms with van der Waals surface area (Å²) in [7, 11) is 0. The molecule has 0 saturated carbocycles. The van der Waals surface area contributed by atoms with Gasteiger partial charge in [0, 0.05) is 0 Å². The van der Waals surface area contributed by atoms with Crippen molar-refractivity contribution < 1.29 is 0 Å². The maximum atomic E-state index is 4.83. The second-order valence-corrected chi connectivity index (χ2v) is 10.3. The van der Waals surface area contributed by atoms with E-state index < -0.39 is 0 Å². The third kappa shape index (κ3) is 3.43. The fraction of sp³-hybridized carbons (Fsp3) is 0.0667. The number of hydrogen-bond acceptors (Lipinski definition) is 2. The van der Waals surface area contributed by atoms with Crippen LogP contribution < -0.4 is 3.40 Å². The van der Waals surface area contributed by atoms with Gasteiger partial charge in [-0.25, -0.2) is 0 Å². The van der Waals surface area contributed by atoms with E-state index in [1.165, 1.54) is 50.1 Å². The Balaban J connectivity index is 1.74. The number of fused-ring (bicyclic) bond motifs is 8. The van der Waals surface area contributed by atoms with Crippen LogP contribution in [0.1, 0.15) is 11.3 Å². The van der Waals surface area contributed by atoms with E-state index in [0.29, 0.717) is 0 Å². The Morgan fingerprint density at radius 3 is 1.36 bits per heavy atom. The van der Waals surface area contributed by atoms with Gasteiger partial charge in [0.1, 0.15) is 0 Å². The first kappa shape index (κ1) is 20.5. The molecule has 0 aliphatic heterocycles. The van der Waals surface area contributed by atoms with E-state index in [1.807, 2.05) is 6.92 Å². The van der Waals surface area contributed by atoms with Crippen molar-refractivity contribution in [1.82, 2.24) is 9.97 Å². The third-order valence-electron chi connectivity index (χ3n) is 6.39. The summed E-state index contributed by atoms with van der Waals surface area (Å²) in [5.74, 6) is 0.820. The molecular weight excluding hydrogens is 597 g/mol. The SMILES string of the molecule is Cc1c[c]([Bi])nc(-c2cc3c(cc2C)-c2ccccc2-c2ccccc2-c2ccccc2-3)n1. The predicted octanol–water partition coefficient (Wildman–Crippen LogP) is 6.54. The van der Waals surface area contributed by atoms with Gasteiger partial charge in [-0.3, -0.25) is 0 Å². The van der Waals surface area contributed by atoms with Crippen LogP contribution in [-0.2, 0) is 0 Å². The molecule has 5 aromatic rings. The van der Waals surface area contributed by atoms with Crippen LogP contribution in [0.4, 0.5) is 0 Å². The van der Waals surface area contributed by atoms with E-state index in [0.717, 1.165) is 45.2 Å². The Morgan fingerprint density at radius 2 is 0.909 bits per heavy atom. The minimum atomic E-state index is 0.820. The van der Waals surface area contributed by atoms with Crippen LogP contribution in [0, 0.1) is 13.8 Å². The fourth-order valence-corrected chi connectivity index (χ4v) is 6.02. The van der Waals surface area contributed by atoms with Crippen molar-refractivity contribution in [3.8, 4) is 55.9 Å². The summed E-state index contributed by atoms with van der Waals surface area (Å²) < 4.78 is 1.10. The van der Waals surface area contributed by atoms with Crippen molar-refractivity contribution in [3.63, 3.8) is 0 Å². The van der Waals surface area contributed by atoms with Crippen molar-refractivity contribution in [2.75, 3.05) is 0 Å². The molecule has 1 aliphatic carbocycles. The standard InChI is InChI=1S/C30H21N2.Bi/c1-19-17-28-25-13-7-5-11-23(25)21-9-3-4-10-22(21)24-12-6-8-14-26(24)29(28)18-27(19)30-31-16-15-20(2)32-30;/h3-15,17-18H,1-2H3;. The molecule has 2 nitrogen and oxygen atoms in total. The van der Waals surface area contributed by atoms with Gasteiger partial charge in [0.15, 0.2) is 0 Å². The second kappa shape index (κ2) is 8.01. The second-order valence-electron chi connectivity index (χ2n) is 8.54. The first-order chi connectivity index (χ1) is 16.1. The Kier molecular flexibility index (Phi) is 4.96. The normalized spacial score (nSPS) is 11.5. The number of nitrogens with zero attached hydrogens (tertiary/aromatic N) is 2. The zero-order chi connectivity index (χ0) is 22.5. The number of aryl methyl sites for hydroxylation is 2. The summed E-state index contributed by atoms with van der Waals surface area (Å²) in [6.45, 7) is 4.22. The van der Waals surface area contributed by atoms with Gasteiger partial charge in [-0.1, -0.05) is 0 Å². The molecule has 0 amide bonds. The first-order valence-corrected chi connectivity index (χ1v) is 12.8. The minimum absolute atomic E-state index is 0.820. The summed E-state index contributed by atoms with van der Waals surface area (Å²) in [4.78, 5) is 9.63. The Bertz CT molecular complexity index is 1530. The summed E-state index contributed by atoms with van der Waals surface area (Å²) in [6.07, 6.45) is 0. The van der Waals surface area contributed by atoms with Crippen LogP contribution in [0.2, 0.25) is 0 Å². The van der Waals surface area contributed by atoms with E-state index in [1.54, 1.807) is 0 Å². The number of benzene rings is 4. The van der Waals surface area contributed by atoms with E-state index in [-0.39, 0.29) is 0 Å². The van der Waals surface area contributed by atoms with Crippen LogP contribution in [0.5, 0.6) is 0 Å². The predicted molar refractivity (Wildman–Crippen MR) is 138 cm³/mol. The molecule has 0 N–H and O–H groups in total. The van der Waals surface area contributed by atoms with Gasteiger partial charge in [-0.05, 0) is 0 Å².